The van der Waals surface area contributed by atoms with E-state index in [-0.39, 0.29) is 12.6 Å². The lowest BCUT2D eigenvalue weighted by atomic mass is 9.92. The molecule has 136 valence electrons. The molecule has 0 saturated heterocycles. The molecule has 7 nitrogen and oxygen atoms in total. The fourth-order valence-corrected chi connectivity index (χ4v) is 2.71. The average Bonchev–Trinajstić information content (AvgIpc) is 2.61. The minimum absolute atomic E-state index is 0.0109. The lowest BCUT2D eigenvalue weighted by molar-refractivity contribution is 0.311. The first-order chi connectivity index (χ1) is 12.0. The predicted molar refractivity (Wildman–Crippen MR) is 98.5 cm³/mol. The van der Waals surface area contributed by atoms with Crippen LogP contribution in [0.5, 0.6) is 11.5 Å². The zero-order chi connectivity index (χ0) is 18.4. The first-order valence-corrected chi connectivity index (χ1v) is 8.21. The average molecular weight is 346 g/mol. The SMILES string of the molecule is COc1cc(Cc2cnc(N)nc2NCCO)c(C(C)C)cc1OC. The summed E-state index contributed by atoms with van der Waals surface area (Å²) in [7, 11) is 3.25. The Balaban J connectivity index is 2.45. The lowest BCUT2D eigenvalue weighted by Gasteiger charge is -2.18. The molecule has 25 heavy (non-hydrogen) atoms. The largest absolute Gasteiger partial charge is 0.493 e. The number of hydrogen-bond donors (Lipinski definition) is 3. The van der Waals surface area contributed by atoms with Crippen LogP contribution in [0.15, 0.2) is 18.3 Å². The van der Waals surface area contributed by atoms with Gasteiger partial charge in [-0.2, -0.15) is 4.98 Å². The van der Waals surface area contributed by atoms with Crippen molar-refractivity contribution in [2.45, 2.75) is 26.2 Å². The van der Waals surface area contributed by atoms with Crippen molar-refractivity contribution in [3.8, 4) is 11.5 Å². The summed E-state index contributed by atoms with van der Waals surface area (Å²) in [5.74, 6) is 2.54. The highest BCUT2D eigenvalue weighted by Gasteiger charge is 2.16. The molecule has 1 aromatic heterocycles. The van der Waals surface area contributed by atoms with Crippen LogP contribution in [0.4, 0.5) is 11.8 Å². The summed E-state index contributed by atoms with van der Waals surface area (Å²) < 4.78 is 10.9. The second kappa shape index (κ2) is 8.53. The highest BCUT2D eigenvalue weighted by atomic mass is 16.5. The van der Waals surface area contributed by atoms with Crippen LogP contribution in [0.2, 0.25) is 0 Å². The molecule has 0 aliphatic heterocycles. The van der Waals surface area contributed by atoms with Crippen molar-refractivity contribution in [2.75, 3.05) is 38.4 Å². The summed E-state index contributed by atoms with van der Waals surface area (Å²) in [5, 5.41) is 12.1. The molecule has 0 fully saturated rings. The molecule has 1 aromatic carbocycles. The van der Waals surface area contributed by atoms with Crippen molar-refractivity contribution in [1.82, 2.24) is 9.97 Å². The molecule has 0 bridgehead atoms. The Hall–Kier alpha value is -2.54. The molecular formula is C18H26N4O3. The van der Waals surface area contributed by atoms with Crippen molar-refractivity contribution >= 4 is 11.8 Å². The Morgan fingerprint density at radius 2 is 1.84 bits per heavy atom. The number of hydrogen-bond acceptors (Lipinski definition) is 7. The highest BCUT2D eigenvalue weighted by molar-refractivity contribution is 5.53. The summed E-state index contributed by atoms with van der Waals surface area (Å²) in [4.78, 5) is 8.35. The number of ether oxygens (including phenoxy) is 2. The van der Waals surface area contributed by atoms with Gasteiger partial charge in [-0.15, -0.1) is 0 Å². The molecule has 2 rings (SSSR count). The number of rotatable bonds is 8. The summed E-state index contributed by atoms with van der Waals surface area (Å²) in [6, 6.07) is 4.00. The smallest absolute Gasteiger partial charge is 0.221 e. The number of aliphatic hydroxyl groups is 1. The van der Waals surface area contributed by atoms with Crippen LogP contribution in [0.1, 0.15) is 36.5 Å². The lowest BCUT2D eigenvalue weighted by Crippen LogP contribution is -2.12. The molecule has 0 unspecified atom stereocenters. The predicted octanol–water partition coefficient (Wildman–Crippen LogP) is 2.19. The number of aromatic nitrogens is 2. The molecule has 0 radical (unpaired) electrons. The van der Waals surface area contributed by atoms with E-state index < -0.39 is 0 Å². The Labute approximate surface area is 148 Å². The Kier molecular flexibility index (Phi) is 6.41. The first kappa shape index (κ1) is 18.8. The minimum Gasteiger partial charge on any atom is -0.493 e. The van der Waals surface area contributed by atoms with Gasteiger partial charge in [0.05, 0.1) is 20.8 Å². The second-order valence-electron chi connectivity index (χ2n) is 5.99. The molecule has 0 spiro atoms. The maximum atomic E-state index is 9.05. The van der Waals surface area contributed by atoms with E-state index in [1.807, 2.05) is 12.1 Å². The van der Waals surface area contributed by atoms with Crippen LogP contribution in [0, 0.1) is 0 Å². The maximum Gasteiger partial charge on any atom is 0.221 e. The van der Waals surface area contributed by atoms with E-state index in [1.165, 1.54) is 5.56 Å². The first-order valence-electron chi connectivity index (χ1n) is 8.21. The van der Waals surface area contributed by atoms with Gasteiger partial charge in [-0.25, -0.2) is 4.98 Å². The van der Waals surface area contributed by atoms with Crippen molar-refractivity contribution in [3.63, 3.8) is 0 Å². The molecule has 1 heterocycles. The summed E-state index contributed by atoms with van der Waals surface area (Å²) in [6.07, 6.45) is 2.32. The topological polar surface area (TPSA) is 103 Å². The maximum absolute atomic E-state index is 9.05. The Morgan fingerprint density at radius 3 is 2.44 bits per heavy atom. The highest BCUT2D eigenvalue weighted by Crippen LogP contribution is 2.35. The van der Waals surface area contributed by atoms with E-state index in [2.05, 4.69) is 29.1 Å². The molecule has 0 saturated carbocycles. The standard InChI is InChI=1S/C18H26N4O3/c1-11(2)14-9-16(25-4)15(24-3)8-12(14)7-13-10-21-18(19)22-17(13)20-5-6-23/h8-11,23H,5-7H2,1-4H3,(H3,19,20,21,22). The monoisotopic (exact) mass is 346 g/mol. The number of benzene rings is 1. The molecule has 2 aromatic rings. The van der Waals surface area contributed by atoms with E-state index in [1.54, 1.807) is 20.4 Å². The van der Waals surface area contributed by atoms with E-state index in [4.69, 9.17) is 20.3 Å². The fourth-order valence-electron chi connectivity index (χ4n) is 2.71. The van der Waals surface area contributed by atoms with Gasteiger partial charge in [-0.1, -0.05) is 13.8 Å². The van der Waals surface area contributed by atoms with Gasteiger partial charge in [0.2, 0.25) is 5.95 Å². The zero-order valence-electron chi connectivity index (χ0n) is 15.2. The third-order valence-electron chi connectivity index (χ3n) is 3.94. The van der Waals surface area contributed by atoms with Gasteiger partial charge >= 0.3 is 0 Å². The van der Waals surface area contributed by atoms with E-state index >= 15 is 0 Å². The van der Waals surface area contributed by atoms with Gasteiger partial charge in [-0.3, -0.25) is 0 Å². The van der Waals surface area contributed by atoms with Gasteiger partial charge in [-0.05, 0) is 29.2 Å². The molecular weight excluding hydrogens is 320 g/mol. The number of aliphatic hydroxyl groups excluding tert-OH is 1. The van der Waals surface area contributed by atoms with Gasteiger partial charge in [0.15, 0.2) is 11.5 Å². The Morgan fingerprint density at radius 1 is 1.16 bits per heavy atom. The van der Waals surface area contributed by atoms with E-state index in [0.29, 0.717) is 36.2 Å². The van der Waals surface area contributed by atoms with Crippen LogP contribution in [0.25, 0.3) is 0 Å². The number of anilines is 2. The second-order valence-corrected chi connectivity index (χ2v) is 5.99. The zero-order valence-corrected chi connectivity index (χ0v) is 15.2. The van der Waals surface area contributed by atoms with Crippen molar-refractivity contribution in [3.05, 3.63) is 35.0 Å². The summed E-state index contributed by atoms with van der Waals surface area (Å²) in [6.45, 7) is 4.67. The van der Waals surface area contributed by atoms with Crippen molar-refractivity contribution in [2.24, 2.45) is 0 Å². The molecule has 4 N–H and O–H groups in total. The normalized spacial score (nSPS) is 10.8. The van der Waals surface area contributed by atoms with Crippen LogP contribution in [-0.4, -0.2) is 42.4 Å². The number of nitrogens with two attached hydrogens (primary N) is 1. The third kappa shape index (κ3) is 4.51. The quantitative estimate of drug-likeness (QED) is 0.673. The molecule has 0 aliphatic carbocycles. The number of nitrogen functional groups attached to an aromatic ring is 1. The van der Waals surface area contributed by atoms with E-state index in [9.17, 15) is 0 Å². The van der Waals surface area contributed by atoms with Crippen LogP contribution in [0.3, 0.4) is 0 Å². The number of nitrogens with one attached hydrogen (secondary N) is 1. The fraction of sp³-hybridized carbons (Fsp3) is 0.444. The molecule has 0 aliphatic rings. The molecule has 0 atom stereocenters. The number of nitrogens with zero attached hydrogens (tertiary/aromatic N) is 2. The van der Waals surface area contributed by atoms with Crippen LogP contribution < -0.4 is 20.5 Å². The summed E-state index contributed by atoms with van der Waals surface area (Å²) >= 11 is 0. The summed E-state index contributed by atoms with van der Waals surface area (Å²) in [5.41, 5.74) is 8.87. The van der Waals surface area contributed by atoms with Crippen LogP contribution >= 0.6 is 0 Å². The van der Waals surface area contributed by atoms with Crippen molar-refractivity contribution in [1.29, 1.82) is 0 Å². The van der Waals surface area contributed by atoms with Crippen molar-refractivity contribution < 1.29 is 14.6 Å². The third-order valence-corrected chi connectivity index (χ3v) is 3.94. The molecule has 0 amide bonds. The Bertz CT molecular complexity index is 720. The van der Waals surface area contributed by atoms with Gasteiger partial charge in [0, 0.05) is 24.7 Å². The van der Waals surface area contributed by atoms with Crippen LogP contribution in [-0.2, 0) is 6.42 Å². The van der Waals surface area contributed by atoms with E-state index in [0.717, 1.165) is 11.1 Å². The van der Waals surface area contributed by atoms with Gasteiger partial charge < -0.3 is 25.6 Å². The molecule has 7 heteroatoms. The minimum atomic E-state index is 0.0109. The van der Waals surface area contributed by atoms with Gasteiger partial charge in [0.25, 0.3) is 0 Å². The number of methoxy groups -OCH3 is 2. The van der Waals surface area contributed by atoms with Gasteiger partial charge in [0.1, 0.15) is 5.82 Å².